The zero-order chi connectivity index (χ0) is 23.4. The summed E-state index contributed by atoms with van der Waals surface area (Å²) in [6.07, 6.45) is 0.598. The number of aromatic amines is 1. The molecule has 0 saturated carbocycles. The Morgan fingerprint density at radius 1 is 1.21 bits per heavy atom. The van der Waals surface area contributed by atoms with E-state index < -0.39 is 0 Å². The number of ether oxygens (including phenoxy) is 1. The molecular formula is C24H25N5O3S. The number of H-pyrrole nitrogens is 1. The van der Waals surface area contributed by atoms with Crippen LogP contribution in [0.25, 0.3) is 16.5 Å². The van der Waals surface area contributed by atoms with E-state index in [0.29, 0.717) is 35.3 Å². The highest BCUT2D eigenvalue weighted by atomic mass is 32.1. The van der Waals surface area contributed by atoms with Gasteiger partial charge in [0.05, 0.1) is 4.88 Å². The van der Waals surface area contributed by atoms with Crippen LogP contribution in [0.4, 0.5) is 5.82 Å². The van der Waals surface area contributed by atoms with Gasteiger partial charge in [-0.3, -0.25) is 14.6 Å². The number of nitrogens with zero attached hydrogens (tertiary/aromatic N) is 3. The molecule has 0 atom stereocenters. The highest BCUT2D eigenvalue weighted by molar-refractivity contribution is 7.13. The average Bonchev–Trinajstić information content (AvgIpc) is 3.47. The summed E-state index contributed by atoms with van der Waals surface area (Å²) in [7, 11) is 0. The zero-order valence-corrected chi connectivity index (χ0v) is 19.5. The average molecular weight is 464 g/mol. The van der Waals surface area contributed by atoms with Crippen molar-refractivity contribution in [2.24, 2.45) is 0 Å². The fourth-order valence-electron chi connectivity index (χ4n) is 3.23. The number of carbonyl (C=O) groups is 1. The van der Waals surface area contributed by atoms with Crippen LogP contribution in [-0.2, 0) is 11.2 Å². The molecule has 4 aromatic rings. The van der Waals surface area contributed by atoms with Gasteiger partial charge in [-0.25, -0.2) is 4.98 Å². The number of thiophene rings is 1. The molecule has 33 heavy (non-hydrogen) atoms. The van der Waals surface area contributed by atoms with Crippen LogP contribution >= 0.6 is 11.3 Å². The first-order chi connectivity index (χ1) is 15.9. The molecule has 0 saturated heterocycles. The van der Waals surface area contributed by atoms with E-state index in [2.05, 4.69) is 34.2 Å². The summed E-state index contributed by atoms with van der Waals surface area (Å²) in [5.74, 6) is 1.31. The smallest absolute Gasteiger partial charge is 0.263 e. The SMILES string of the molecule is CCc1cc(=O)[nH]c(-n2nc(-c3cccs3)cc2NC(=O)COc2ccc(C(C)C)cc2)n1. The number of aryl methyl sites for hydroxylation is 1. The van der Waals surface area contributed by atoms with E-state index in [1.165, 1.54) is 27.6 Å². The molecule has 1 aromatic carbocycles. The first-order valence-corrected chi connectivity index (χ1v) is 11.6. The van der Waals surface area contributed by atoms with E-state index >= 15 is 0 Å². The predicted molar refractivity (Wildman–Crippen MR) is 129 cm³/mol. The highest BCUT2D eigenvalue weighted by Gasteiger charge is 2.17. The van der Waals surface area contributed by atoms with Gasteiger partial charge in [0, 0.05) is 17.8 Å². The maximum absolute atomic E-state index is 12.7. The second-order valence-corrected chi connectivity index (χ2v) is 8.73. The third kappa shape index (κ3) is 5.38. The third-order valence-electron chi connectivity index (χ3n) is 5.01. The first-order valence-electron chi connectivity index (χ1n) is 10.7. The summed E-state index contributed by atoms with van der Waals surface area (Å²) in [6, 6.07) is 14.7. The number of rotatable bonds is 8. The van der Waals surface area contributed by atoms with Crippen molar-refractivity contribution in [2.75, 3.05) is 11.9 Å². The van der Waals surface area contributed by atoms with Gasteiger partial charge in [0.25, 0.3) is 11.5 Å². The quantitative estimate of drug-likeness (QED) is 0.404. The Morgan fingerprint density at radius 2 is 2.00 bits per heavy atom. The molecular weight excluding hydrogens is 438 g/mol. The minimum absolute atomic E-state index is 0.167. The Bertz CT molecular complexity index is 1290. The molecule has 2 N–H and O–H groups in total. The minimum atomic E-state index is -0.351. The fourth-order valence-corrected chi connectivity index (χ4v) is 3.91. The second-order valence-electron chi connectivity index (χ2n) is 7.78. The lowest BCUT2D eigenvalue weighted by atomic mass is 10.0. The van der Waals surface area contributed by atoms with Crippen molar-refractivity contribution in [3.8, 4) is 22.3 Å². The largest absolute Gasteiger partial charge is 0.484 e. The van der Waals surface area contributed by atoms with Gasteiger partial charge in [-0.05, 0) is 41.5 Å². The lowest BCUT2D eigenvalue weighted by Gasteiger charge is -2.10. The van der Waals surface area contributed by atoms with Gasteiger partial charge >= 0.3 is 0 Å². The van der Waals surface area contributed by atoms with Crippen LogP contribution in [0.15, 0.2) is 58.7 Å². The molecule has 4 rings (SSSR count). The number of hydrogen-bond donors (Lipinski definition) is 2. The van der Waals surface area contributed by atoms with Gasteiger partial charge in [0.1, 0.15) is 17.3 Å². The number of nitrogens with one attached hydrogen (secondary N) is 2. The van der Waals surface area contributed by atoms with Crippen molar-refractivity contribution >= 4 is 23.1 Å². The van der Waals surface area contributed by atoms with E-state index in [1.807, 2.05) is 48.7 Å². The van der Waals surface area contributed by atoms with Gasteiger partial charge < -0.3 is 10.1 Å². The van der Waals surface area contributed by atoms with Crippen LogP contribution in [0.2, 0.25) is 0 Å². The molecule has 0 aliphatic carbocycles. The Morgan fingerprint density at radius 3 is 2.67 bits per heavy atom. The Balaban J connectivity index is 1.56. The molecule has 170 valence electrons. The first kappa shape index (κ1) is 22.5. The van der Waals surface area contributed by atoms with Crippen molar-refractivity contribution in [3.63, 3.8) is 0 Å². The summed E-state index contributed by atoms with van der Waals surface area (Å²) >= 11 is 1.53. The van der Waals surface area contributed by atoms with Crippen LogP contribution < -0.4 is 15.6 Å². The number of hydrogen-bond acceptors (Lipinski definition) is 6. The molecule has 3 aromatic heterocycles. The van der Waals surface area contributed by atoms with E-state index in [1.54, 1.807) is 6.07 Å². The lowest BCUT2D eigenvalue weighted by Crippen LogP contribution is -2.23. The summed E-state index contributed by atoms with van der Waals surface area (Å²) in [6.45, 7) is 5.99. The molecule has 0 bridgehead atoms. The fraction of sp³-hybridized carbons (Fsp3) is 0.250. The Kier molecular flexibility index (Phi) is 6.69. The summed E-state index contributed by atoms with van der Waals surface area (Å²) in [5, 5.41) is 9.35. The number of anilines is 1. The Hall–Kier alpha value is -3.72. The van der Waals surface area contributed by atoms with Crippen molar-refractivity contribution in [1.82, 2.24) is 19.7 Å². The molecule has 0 radical (unpaired) electrons. The van der Waals surface area contributed by atoms with Crippen LogP contribution in [0, 0.1) is 0 Å². The number of aromatic nitrogens is 4. The van der Waals surface area contributed by atoms with Crippen LogP contribution in [0.1, 0.15) is 37.9 Å². The van der Waals surface area contributed by atoms with E-state index in [4.69, 9.17) is 4.74 Å². The van der Waals surface area contributed by atoms with Crippen LogP contribution in [-0.4, -0.2) is 32.3 Å². The summed E-state index contributed by atoms with van der Waals surface area (Å²) < 4.78 is 7.08. The molecule has 0 aliphatic rings. The standard InChI is InChI=1S/C24H25N5O3S/c1-4-17-12-22(30)27-24(25-17)29-21(13-19(28-29)20-6-5-11-33-20)26-23(31)14-32-18-9-7-16(8-10-18)15(2)3/h5-13,15H,4,14H2,1-3H3,(H,26,31)(H,25,27,30). The van der Waals surface area contributed by atoms with Gasteiger partial charge in [0.2, 0.25) is 5.95 Å². The zero-order valence-electron chi connectivity index (χ0n) is 18.7. The van der Waals surface area contributed by atoms with Gasteiger partial charge in [-0.15, -0.1) is 11.3 Å². The van der Waals surface area contributed by atoms with Gasteiger partial charge in [-0.1, -0.05) is 39.0 Å². The van der Waals surface area contributed by atoms with Crippen molar-refractivity contribution in [1.29, 1.82) is 0 Å². The van der Waals surface area contributed by atoms with Crippen molar-refractivity contribution in [3.05, 3.63) is 75.5 Å². The molecule has 0 spiro atoms. The second kappa shape index (κ2) is 9.83. The monoisotopic (exact) mass is 463 g/mol. The normalized spacial score (nSPS) is 11.0. The third-order valence-corrected chi connectivity index (χ3v) is 5.90. The number of carbonyl (C=O) groups excluding carboxylic acids is 1. The number of amides is 1. The van der Waals surface area contributed by atoms with Gasteiger partial charge in [-0.2, -0.15) is 9.78 Å². The lowest BCUT2D eigenvalue weighted by molar-refractivity contribution is -0.118. The molecule has 0 unspecified atom stereocenters. The molecule has 0 fully saturated rings. The highest BCUT2D eigenvalue weighted by Crippen LogP contribution is 2.27. The van der Waals surface area contributed by atoms with Gasteiger partial charge in [0.15, 0.2) is 6.61 Å². The maximum Gasteiger partial charge on any atom is 0.263 e. The predicted octanol–water partition coefficient (Wildman–Crippen LogP) is 4.39. The van der Waals surface area contributed by atoms with Crippen molar-refractivity contribution in [2.45, 2.75) is 33.1 Å². The topological polar surface area (TPSA) is 102 Å². The molecule has 9 heteroatoms. The van der Waals surface area contributed by atoms with Crippen molar-refractivity contribution < 1.29 is 9.53 Å². The van der Waals surface area contributed by atoms with E-state index in [-0.39, 0.29) is 24.0 Å². The summed E-state index contributed by atoms with van der Waals surface area (Å²) in [5.41, 5.74) is 2.21. The summed E-state index contributed by atoms with van der Waals surface area (Å²) in [4.78, 5) is 32.9. The van der Waals surface area contributed by atoms with Crippen LogP contribution in [0.5, 0.6) is 5.75 Å². The van der Waals surface area contributed by atoms with E-state index in [0.717, 1.165) is 4.88 Å². The minimum Gasteiger partial charge on any atom is -0.484 e. The van der Waals surface area contributed by atoms with E-state index in [9.17, 15) is 9.59 Å². The maximum atomic E-state index is 12.7. The molecule has 0 aliphatic heterocycles. The number of benzene rings is 1. The molecule has 8 nitrogen and oxygen atoms in total. The van der Waals surface area contributed by atoms with Crippen LogP contribution in [0.3, 0.4) is 0 Å². The molecule has 1 amide bonds. The Labute approximate surface area is 195 Å². The molecule has 3 heterocycles.